The summed E-state index contributed by atoms with van der Waals surface area (Å²) in [6.45, 7) is 2.05. The van der Waals surface area contributed by atoms with Crippen LogP contribution in [0.1, 0.15) is 18.9 Å². The van der Waals surface area contributed by atoms with Crippen LogP contribution < -0.4 is 5.32 Å². The summed E-state index contributed by atoms with van der Waals surface area (Å²) in [6, 6.07) is 6.22. The minimum absolute atomic E-state index is 0.286. The molecule has 1 aromatic carbocycles. The molecule has 3 nitrogen and oxygen atoms in total. The highest BCUT2D eigenvalue weighted by molar-refractivity contribution is 6.30. The van der Waals surface area contributed by atoms with E-state index in [0.29, 0.717) is 23.4 Å². The average molecular weight is 269 g/mol. The molecule has 0 saturated carbocycles. The SMILES string of the molecule is CCC(C#N)C(=O)NCCc1cc(Cl)ccc1F. The van der Waals surface area contributed by atoms with Gasteiger partial charge in [-0.1, -0.05) is 18.5 Å². The fourth-order valence-corrected chi connectivity index (χ4v) is 1.71. The van der Waals surface area contributed by atoms with Crippen molar-refractivity contribution in [1.29, 1.82) is 5.26 Å². The number of nitrogens with zero attached hydrogens (tertiary/aromatic N) is 1. The molecule has 1 atom stereocenters. The van der Waals surface area contributed by atoms with Gasteiger partial charge in [0.1, 0.15) is 11.7 Å². The van der Waals surface area contributed by atoms with Crippen LogP contribution in [0.4, 0.5) is 4.39 Å². The minimum Gasteiger partial charge on any atom is -0.355 e. The predicted octanol–water partition coefficient (Wildman–Crippen LogP) is 2.69. The van der Waals surface area contributed by atoms with E-state index in [4.69, 9.17) is 16.9 Å². The fourth-order valence-electron chi connectivity index (χ4n) is 1.51. The Hall–Kier alpha value is -1.60. The summed E-state index contributed by atoms with van der Waals surface area (Å²) in [4.78, 5) is 11.5. The molecule has 96 valence electrons. The maximum Gasteiger partial charge on any atom is 0.237 e. The smallest absolute Gasteiger partial charge is 0.237 e. The van der Waals surface area contributed by atoms with Crippen molar-refractivity contribution < 1.29 is 9.18 Å². The van der Waals surface area contributed by atoms with Gasteiger partial charge in [-0.25, -0.2) is 4.39 Å². The first-order chi connectivity index (χ1) is 8.58. The zero-order valence-electron chi connectivity index (χ0n) is 10.0. The summed E-state index contributed by atoms with van der Waals surface area (Å²) in [5.41, 5.74) is 0.452. The average Bonchev–Trinajstić information content (AvgIpc) is 2.35. The molecule has 0 aliphatic heterocycles. The Bertz CT molecular complexity index is 471. The molecule has 0 radical (unpaired) electrons. The molecular formula is C13H14ClFN2O. The third-order valence-corrected chi connectivity index (χ3v) is 2.82. The van der Waals surface area contributed by atoms with E-state index in [0.717, 1.165) is 0 Å². The predicted molar refractivity (Wildman–Crippen MR) is 67.5 cm³/mol. The van der Waals surface area contributed by atoms with Crippen molar-refractivity contribution in [2.45, 2.75) is 19.8 Å². The van der Waals surface area contributed by atoms with Crippen molar-refractivity contribution in [1.82, 2.24) is 5.32 Å². The molecule has 1 N–H and O–H groups in total. The Labute approximate surface area is 111 Å². The number of carbonyl (C=O) groups is 1. The first-order valence-corrected chi connectivity index (χ1v) is 6.07. The number of amides is 1. The number of halogens is 2. The topological polar surface area (TPSA) is 52.9 Å². The van der Waals surface area contributed by atoms with Gasteiger partial charge in [0.15, 0.2) is 0 Å². The third-order valence-electron chi connectivity index (χ3n) is 2.58. The number of benzene rings is 1. The van der Waals surface area contributed by atoms with Crippen molar-refractivity contribution in [3.05, 3.63) is 34.6 Å². The maximum atomic E-state index is 13.4. The van der Waals surface area contributed by atoms with Crippen LogP contribution in [0.25, 0.3) is 0 Å². The summed E-state index contributed by atoms with van der Waals surface area (Å²) in [5.74, 6) is -1.31. The van der Waals surface area contributed by atoms with E-state index in [-0.39, 0.29) is 18.3 Å². The second-order valence-electron chi connectivity index (χ2n) is 3.87. The van der Waals surface area contributed by atoms with Gasteiger partial charge in [0, 0.05) is 11.6 Å². The van der Waals surface area contributed by atoms with Gasteiger partial charge in [0.2, 0.25) is 5.91 Å². The Kier molecular flexibility index (Phi) is 5.60. The highest BCUT2D eigenvalue weighted by Crippen LogP contribution is 2.15. The lowest BCUT2D eigenvalue weighted by Gasteiger charge is -2.08. The van der Waals surface area contributed by atoms with Gasteiger partial charge in [0.05, 0.1) is 6.07 Å². The number of carbonyl (C=O) groups excluding carboxylic acids is 1. The number of hydrogen-bond acceptors (Lipinski definition) is 2. The Balaban J connectivity index is 2.49. The number of nitrogens with one attached hydrogen (secondary N) is 1. The van der Waals surface area contributed by atoms with Gasteiger partial charge in [-0.15, -0.1) is 0 Å². The normalized spacial score (nSPS) is 11.7. The van der Waals surface area contributed by atoms with E-state index in [1.807, 2.05) is 6.07 Å². The van der Waals surface area contributed by atoms with Crippen LogP contribution in [0.2, 0.25) is 5.02 Å². The molecule has 0 fully saturated rings. The van der Waals surface area contributed by atoms with E-state index in [2.05, 4.69) is 5.32 Å². The van der Waals surface area contributed by atoms with E-state index < -0.39 is 5.92 Å². The van der Waals surface area contributed by atoms with Gasteiger partial charge in [-0.3, -0.25) is 4.79 Å². The van der Waals surface area contributed by atoms with E-state index >= 15 is 0 Å². The standard InChI is InChI=1S/C13H14ClFN2O/c1-2-9(8-16)13(18)17-6-5-10-7-11(14)3-4-12(10)15/h3-4,7,9H,2,5-6H2,1H3,(H,17,18). The lowest BCUT2D eigenvalue weighted by atomic mass is 10.1. The summed E-state index contributed by atoms with van der Waals surface area (Å²) in [6.07, 6.45) is 0.813. The van der Waals surface area contributed by atoms with Crippen molar-refractivity contribution >= 4 is 17.5 Å². The highest BCUT2D eigenvalue weighted by Gasteiger charge is 2.14. The molecule has 0 heterocycles. The molecule has 0 aromatic heterocycles. The van der Waals surface area contributed by atoms with E-state index in [9.17, 15) is 9.18 Å². The van der Waals surface area contributed by atoms with E-state index in [1.165, 1.54) is 18.2 Å². The van der Waals surface area contributed by atoms with Crippen LogP contribution in [0.3, 0.4) is 0 Å². The van der Waals surface area contributed by atoms with E-state index in [1.54, 1.807) is 6.92 Å². The molecule has 1 aromatic rings. The molecule has 1 rings (SSSR count). The van der Waals surface area contributed by atoms with Crippen LogP contribution in [0.15, 0.2) is 18.2 Å². The summed E-state index contributed by atoms with van der Waals surface area (Å²) in [7, 11) is 0. The zero-order chi connectivity index (χ0) is 13.5. The zero-order valence-corrected chi connectivity index (χ0v) is 10.8. The number of rotatable bonds is 5. The monoisotopic (exact) mass is 268 g/mol. The Morgan fingerprint density at radius 2 is 2.33 bits per heavy atom. The first-order valence-electron chi connectivity index (χ1n) is 5.69. The van der Waals surface area contributed by atoms with Gasteiger partial charge in [-0.2, -0.15) is 5.26 Å². The lowest BCUT2D eigenvalue weighted by molar-refractivity contribution is -0.123. The Morgan fingerprint density at radius 1 is 1.61 bits per heavy atom. The second kappa shape index (κ2) is 6.97. The fraction of sp³-hybridized carbons (Fsp3) is 0.385. The first kappa shape index (κ1) is 14.5. The Morgan fingerprint density at radius 3 is 2.94 bits per heavy atom. The quantitative estimate of drug-likeness (QED) is 0.893. The molecule has 0 aliphatic carbocycles. The molecule has 0 spiro atoms. The van der Waals surface area contributed by atoms with Gasteiger partial charge < -0.3 is 5.32 Å². The van der Waals surface area contributed by atoms with Crippen LogP contribution in [0, 0.1) is 23.1 Å². The molecule has 5 heteroatoms. The van der Waals surface area contributed by atoms with Crippen molar-refractivity contribution in [2.24, 2.45) is 5.92 Å². The second-order valence-corrected chi connectivity index (χ2v) is 4.30. The molecule has 0 bridgehead atoms. The number of hydrogen-bond donors (Lipinski definition) is 1. The van der Waals surface area contributed by atoms with Crippen molar-refractivity contribution in [3.8, 4) is 6.07 Å². The largest absolute Gasteiger partial charge is 0.355 e. The molecule has 1 amide bonds. The molecule has 18 heavy (non-hydrogen) atoms. The van der Waals surface area contributed by atoms with Crippen molar-refractivity contribution in [3.63, 3.8) is 0 Å². The molecule has 1 unspecified atom stereocenters. The summed E-state index contributed by atoms with van der Waals surface area (Å²) >= 11 is 5.76. The maximum absolute atomic E-state index is 13.4. The van der Waals surface area contributed by atoms with Crippen molar-refractivity contribution in [2.75, 3.05) is 6.54 Å². The van der Waals surface area contributed by atoms with Crippen LogP contribution in [-0.2, 0) is 11.2 Å². The van der Waals surface area contributed by atoms with Gasteiger partial charge >= 0.3 is 0 Å². The third kappa shape index (κ3) is 4.01. The molecule has 0 saturated heterocycles. The highest BCUT2D eigenvalue weighted by atomic mass is 35.5. The summed E-state index contributed by atoms with van der Waals surface area (Å²) in [5, 5.41) is 11.8. The lowest BCUT2D eigenvalue weighted by Crippen LogP contribution is -2.31. The van der Waals surface area contributed by atoms with Crippen LogP contribution in [-0.4, -0.2) is 12.5 Å². The van der Waals surface area contributed by atoms with Gasteiger partial charge in [-0.05, 0) is 36.6 Å². The summed E-state index contributed by atoms with van der Waals surface area (Å²) < 4.78 is 13.4. The van der Waals surface area contributed by atoms with Crippen LogP contribution >= 0.6 is 11.6 Å². The van der Waals surface area contributed by atoms with Gasteiger partial charge in [0.25, 0.3) is 0 Å². The van der Waals surface area contributed by atoms with Crippen LogP contribution in [0.5, 0.6) is 0 Å². The molecular weight excluding hydrogens is 255 g/mol. The molecule has 0 aliphatic rings. The number of nitriles is 1. The minimum atomic E-state index is -0.644.